The van der Waals surface area contributed by atoms with Gasteiger partial charge in [0.2, 0.25) is 0 Å². The number of rotatable bonds is 8. The molecule has 0 saturated carbocycles. The number of aliphatic carboxylic acids is 1. The van der Waals surface area contributed by atoms with Crippen LogP contribution in [-0.4, -0.2) is 46.3 Å². The lowest BCUT2D eigenvalue weighted by Gasteiger charge is -2.06. The number of carboxylic acid groups (broad SMARTS) is 1. The van der Waals surface area contributed by atoms with Crippen molar-refractivity contribution >= 4 is 16.2 Å². The Balaban J connectivity index is 3.67. The van der Waals surface area contributed by atoms with Crippen molar-refractivity contribution in [3.63, 3.8) is 0 Å². The van der Waals surface area contributed by atoms with Crippen LogP contribution >= 0.6 is 0 Å². The molecule has 0 radical (unpaired) electrons. The van der Waals surface area contributed by atoms with E-state index in [0.717, 1.165) is 0 Å². The Labute approximate surface area is 82.6 Å². The molecule has 0 fully saturated rings. The molecule has 0 aliphatic rings. The number of hydrogen-bond acceptors (Lipinski definition) is 4. The Morgan fingerprint density at radius 1 is 1.36 bits per heavy atom. The van der Waals surface area contributed by atoms with Gasteiger partial charge in [0.1, 0.15) is 0 Å². The van der Waals surface area contributed by atoms with Gasteiger partial charge in [0.15, 0.2) is 0 Å². The lowest BCUT2D eigenvalue weighted by Crippen LogP contribution is -2.39. The van der Waals surface area contributed by atoms with Gasteiger partial charge in [0, 0.05) is 20.2 Å². The SMILES string of the molecule is COCCNS(=O)(=O)NCCC(=O)O. The summed E-state index contributed by atoms with van der Waals surface area (Å²) in [6.07, 6.45) is -0.245. The summed E-state index contributed by atoms with van der Waals surface area (Å²) in [4.78, 5) is 10.1. The van der Waals surface area contributed by atoms with Gasteiger partial charge >= 0.3 is 5.97 Å². The monoisotopic (exact) mass is 226 g/mol. The maximum atomic E-state index is 11.0. The van der Waals surface area contributed by atoms with E-state index in [4.69, 9.17) is 5.11 Å². The van der Waals surface area contributed by atoms with Crippen LogP contribution in [0.3, 0.4) is 0 Å². The van der Waals surface area contributed by atoms with Crippen molar-refractivity contribution in [1.29, 1.82) is 0 Å². The average Bonchev–Trinajstić information content (AvgIpc) is 2.03. The highest BCUT2D eigenvalue weighted by atomic mass is 32.2. The molecule has 0 heterocycles. The molecule has 0 rings (SSSR count). The fourth-order valence-electron chi connectivity index (χ4n) is 0.621. The molecule has 8 heteroatoms. The summed E-state index contributed by atoms with van der Waals surface area (Å²) >= 11 is 0. The summed E-state index contributed by atoms with van der Waals surface area (Å²) in [5.74, 6) is -1.05. The van der Waals surface area contributed by atoms with Gasteiger partial charge in [0.05, 0.1) is 13.0 Å². The molecule has 0 bridgehead atoms. The van der Waals surface area contributed by atoms with Crippen LogP contribution in [0.4, 0.5) is 0 Å². The molecular formula is C6H14N2O5S. The largest absolute Gasteiger partial charge is 0.481 e. The first-order valence-electron chi connectivity index (χ1n) is 3.93. The van der Waals surface area contributed by atoms with Crippen LogP contribution in [0.25, 0.3) is 0 Å². The Morgan fingerprint density at radius 2 is 1.93 bits per heavy atom. The van der Waals surface area contributed by atoms with E-state index in [9.17, 15) is 13.2 Å². The third-order valence-electron chi connectivity index (χ3n) is 1.23. The zero-order valence-corrected chi connectivity index (χ0v) is 8.63. The first-order chi connectivity index (χ1) is 6.48. The highest BCUT2D eigenvalue weighted by Crippen LogP contribution is 1.80. The molecule has 0 aromatic carbocycles. The van der Waals surface area contributed by atoms with Gasteiger partial charge in [-0.25, -0.2) is 4.72 Å². The minimum Gasteiger partial charge on any atom is -0.481 e. The molecule has 0 atom stereocenters. The molecule has 0 aromatic heterocycles. The smallest absolute Gasteiger partial charge is 0.304 e. The van der Waals surface area contributed by atoms with Gasteiger partial charge in [-0.15, -0.1) is 0 Å². The summed E-state index contributed by atoms with van der Waals surface area (Å²) in [6, 6.07) is 0. The van der Waals surface area contributed by atoms with E-state index in [1.807, 2.05) is 0 Å². The third kappa shape index (κ3) is 7.92. The normalized spacial score (nSPS) is 11.5. The van der Waals surface area contributed by atoms with Gasteiger partial charge in [-0.1, -0.05) is 0 Å². The minimum absolute atomic E-state index is 0.127. The van der Waals surface area contributed by atoms with Crippen LogP contribution < -0.4 is 9.44 Å². The van der Waals surface area contributed by atoms with Crippen LogP contribution in [0.1, 0.15) is 6.42 Å². The van der Waals surface area contributed by atoms with E-state index in [1.54, 1.807) is 0 Å². The number of carbonyl (C=O) groups is 1. The first-order valence-corrected chi connectivity index (χ1v) is 5.41. The molecule has 0 aliphatic heterocycles. The number of methoxy groups -OCH3 is 1. The van der Waals surface area contributed by atoms with Crippen LogP contribution in [0.15, 0.2) is 0 Å². The van der Waals surface area contributed by atoms with Crippen molar-refractivity contribution in [2.24, 2.45) is 0 Å². The van der Waals surface area contributed by atoms with Crippen molar-refractivity contribution in [3.05, 3.63) is 0 Å². The second-order valence-corrected chi connectivity index (χ2v) is 4.01. The van der Waals surface area contributed by atoms with E-state index in [1.165, 1.54) is 7.11 Å². The fourth-order valence-corrected chi connectivity index (χ4v) is 1.45. The summed E-state index contributed by atoms with van der Waals surface area (Å²) in [5, 5.41) is 8.25. The van der Waals surface area contributed by atoms with Gasteiger partial charge < -0.3 is 9.84 Å². The number of carboxylic acids is 1. The second-order valence-electron chi connectivity index (χ2n) is 2.43. The van der Waals surface area contributed by atoms with Crippen molar-refractivity contribution < 1.29 is 23.1 Å². The molecule has 14 heavy (non-hydrogen) atoms. The number of ether oxygens (including phenoxy) is 1. The molecule has 0 unspecified atom stereocenters. The fraction of sp³-hybridized carbons (Fsp3) is 0.833. The zero-order valence-electron chi connectivity index (χ0n) is 7.82. The summed E-state index contributed by atoms with van der Waals surface area (Å²) in [6.45, 7) is 0.288. The highest BCUT2D eigenvalue weighted by molar-refractivity contribution is 7.87. The predicted octanol–water partition coefficient (Wildman–Crippen LogP) is -1.47. The minimum atomic E-state index is -3.59. The van der Waals surface area contributed by atoms with Crippen LogP contribution in [0.2, 0.25) is 0 Å². The van der Waals surface area contributed by atoms with Gasteiger partial charge in [0.25, 0.3) is 10.2 Å². The maximum Gasteiger partial charge on any atom is 0.304 e. The molecule has 0 amide bonds. The lowest BCUT2D eigenvalue weighted by atomic mass is 10.5. The first kappa shape index (κ1) is 13.3. The lowest BCUT2D eigenvalue weighted by molar-refractivity contribution is -0.136. The summed E-state index contributed by atoms with van der Waals surface area (Å²) in [7, 11) is -2.14. The molecule has 0 saturated heterocycles. The molecule has 0 spiro atoms. The van der Waals surface area contributed by atoms with Gasteiger partial charge in [-0.2, -0.15) is 13.1 Å². The Hall–Kier alpha value is -0.700. The Morgan fingerprint density at radius 3 is 2.43 bits per heavy atom. The van der Waals surface area contributed by atoms with Crippen molar-refractivity contribution in [1.82, 2.24) is 9.44 Å². The Kier molecular flexibility index (Phi) is 6.37. The topological polar surface area (TPSA) is 105 Å². The van der Waals surface area contributed by atoms with E-state index >= 15 is 0 Å². The standard InChI is InChI=1S/C6H14N2O5S/c1-13-5-4-8-14(11,12)7-3-2-6(9)10/h7-8H,2-5H2,1H3,(H,9,10). The molecule has 84 valence electrons. The number of nitrogens with one attached hydrogen (secondary N) is 2. The van der Waals surface area contributed by atoms with Crippen LogP contribution in [0, 0.1) is 0 Å². The van der Waals surface area contributed by atoms with Gasteiger partial charge in [-0.3, -0.25) is 4.79 Å². The predicted molar refractivity (Wildman–Crippen MR) is 49.1 cm³/mol. The second kappa shape index (κ2) is 6.71. The Bertz CT molecular complexity index is 263. The molecule has 0 aromatic rings. The van der Waals surface area contributed by atoms with E-state index < -0.39 is 16.2 Å². The van der Waals surface area contributed by atoms with Crippen molar-refractivity contribution in [2.45, 2.75) is 6.42 Å². The molecular weight excluding hydrogens is 212 g/mol. The third-order valence-corrected chi connectivity index (χ3v) is 2.40. The molecule has 0 aliphatic carbocycles. The zero-order chi connectivity index (χ0) is 11.0. The van der Waals surface area contributed by atoms with E-state index in [-0.39, 0.29) is 26.1 Å². The molecule has 3 N–H and O–H groups in total. The average molecular weight is 226 g/mol. The van der Waals surface area contributed by atoms with E-state index in [2.05, 4.69) is 14.2 Å². The van der Waals surface area contributed by atoms with Crippen molar-refractivity contribution in [3.8, 4) is 0 Å². The summed E-state index contributed by atoms with van der Waals surface area (Å²) < 4.78 is 30.9. The maximum absolute atomic E-state index is 11.0. The number of hydrogen-bond donors (Lipinski definition) is 3. The van der Waals surface area contributed by atoms with Gasteiger partial charge in [-0.05, 0) is 0 Å². The van der Waals surface area contributed by atoms with Crippen LogP contribution in [-0.2, 0) is 19.7 Å². The van der Waals surface area contributed by atoms with E-state index in [0.29, 0.717) is 0 Å². The highest BCUT2D eigenvalue weighted by Gasteiger charge is 2.08. The van der Waals surface area contributed by atoms with Crippen LogP contribution in [0.5, 0.6) is 0 Å². The van der Waals surface area contributed by atoms with Crippen molar-refractivity contribution in [2.75, 3.05) is 26.8 Å². The molecule has 7 nitrogen and oxygen atoms in total. The summed E-state index contributed by atoms with van der Waals surface area (Å²) in [5.41, 5.74) is 0. The quantitative estimate of drug-likeness (QED) is 0.438.